The lowest BCUT2D eigenvalue weighted by Gasteiger charge is -2.43. The molecule has 1 saturated carbocycles. The number of pyridine rings is 1. The van der Waals surface area contributed by atoms with Gasteiger partial charge in [0.25, 0.3) is 5.91 Å². The van der Waals surface area contributed by atoms with Gasteiger partial charge in [-0.2, -0.15) is 0 Å². The monoisotopic (exact) mass is 505 g/mol. The van der Waals surface area contributed by atoms with Crippen molar-refractivity contribution < 1.29 is 24.2 Å². The van der Waals surface area contributed by atoms with Crippen LogP contribution in [-0.4, -0.2) is 89.0 Å². The zero-order valence-corrected chi connectivity index (χ0v) is 21.1. The zero-order chi connectivity index (χ0) is 25.4. The summed E-state index contributed by atoms with van der Waals surface area (Å²) < 4.78 is 11.4. The standard InChI is InChI=1S/C29H35N3O5/c33-26-5-6-27(34)29(26)8-11-31(12-9-29)10-7-23-18-22-17-20(2-4-25(22)37-23)24-3-1-21(19-30-24)28(35)32-13-15-36-16-14-32/h1-4,17-19,26-27,33-34H,5-16H2. The molecule has 2 saturated heterocycles. The number of carbonyl (C=O) groups excluding carboxylic acids is 1. The van der Waals surface area contributed by atoms with Gasteiger partial charge < -0.3 is 29.2 Å². The van der Waals surface area contributed by atoms with Crippen LogP contribution in [0.2, 0.25) is 0 Å². The highest BCUT2D eigenvalue weighted by molar-refractivity contribution is 5.94. The minimum Gasteiger partial charge on any atom is -0.461 e. The van der Waals surface area contributed by atoms with Gasteiger partial charge in [-0.05, 0) is 75.2 Å². The Hall–Kier alpha value is -2.78. The Kier molecular flexibility index (Phi) is 6.75. The molecule has 6 rings (SSSR count). The minimum absolute atomic E-state index is 0.00301. The molecule has 2 unspecified atom stereocenters. The average molecular weight is 506 g/mol. The van der Waals surface area contributed by atoms with Crippen LogP contribution in [0.4, 0.5) is 0 Å². The molecule has 0 radical (unpaired) electrons. The van der Waals surface area contributed by atoms with E-state index in [0.717, 1.165) is 66.9 Å². The summed E-state index contributed by atoms with van der Waals surface area (Å²) in [5.74, 6) is 0.949. The Balaban J connectivity index is 1.08. The molecular weight excluding hydrogens is 470 g/mol. The second kappa shape index (κ2) is 10.2. The number of fused-ring (bicyclic) bond motifs is 1. The minimum atomic E-state index is -0.370. The highest BCUT2D eigenvalue weighted by atomic mass is 16.5. The fraction of sp³-hybridized carbons (Fsp3) is 0.517. The number of ether oxygens (including phenoxy) is 1. The van der Waals surface area contributed by atoms with Gasteiger partial charge in [0.1, 0.15) is 11.3 Å². The molecule has 1 aromatic carbocycles. The summed E-state index contributed by atoms with van der Waals surface area (Å²) in [6.07, 6.45) is 4.87. The van der Waals surface area contributed by atoms with E-state index in [0.29, 0.717) is 44.7 Å². The summed E-state index contributed by atoms with van der Waals surface area (Å²) in [7, 11) is 0. The van der Waals surface area contributed by atoms with Crippen molar-refractivity contribution in [2.45, 2.75) is 44.3 Å². The summed E-state index contributed by atoms with van der Waals surface area (Å²) in [4.78, 5) is 21.5. The van der Waals surface area contributed by atoms with E-state index in [2.05, 4.69) is 22.0 Å². The lowest BCUT2D eigenvalue weighted by atomic mass is 9.73. The predicted molar refractivity (Wildman–Crippen MR) is 139 cm³/mol. The predicted octanol–water partition coefficient (Wildman–Crippen LogP) is 3.11. The first-order chi connectivity index (χ1) is 18.0. The largest absolute Gasteiger partial charge is 0.461 e. The molecular formula is C29H35N3O5. The van der Waals surface area contributed by atoms with E-state index in [-0.39, 0.29) is 23.5 Å². The molecule has 3 aliphatic rings. The first kappa shape index (κ1) is 24.6. The molecule has 1 amide bonds. The van der Waals surface area contributed by atoms with E-state index in [9.17, 15) is 15.0 Å². The average Bonchev–Trinajstić information content (AvgIpc) is 3.48. The van der Waals surface area contributed by atoms with Crippen molar-refractivity contribution in [1.29, 1.82) is 0 Å². The summed E-state index contributed by atoms with van der Waals surface area (Å²) in [6.45, 7) is 5.08. The van der Waals surface area contributed by atoms with E-state index in [1.807, 2.05) is 29.2 Å². The molecule has 2 aliphatic heterocycles. The van der Waals surface area contributed by atoms with Gasteiger partial charge in [-0.25, -0.2) is 0 Å². The molecule has 0 bridgehead atoms. The smallest absolute Gasteiger partial charge is 0.255 e. The van der Waals surface area contributed by atoms with E-state index < -0.39 is 0 Å². The Labute approximate surface area is 216 Å². The molecule has 3 fully saturated rings. The van der Waals surface area contributed by atoms with Gasteiger partial charge in [-0.3, -0.25) is 9.78 Å². The third kappa shape index (κ3) is 4.79. The number of hydrogen-bond acceptors (Lipinski definition) is 7. The SMILES string of the molecule is O=C(c1ccc(-c2ccc3oc(CCN4CCC5(CC4)C(O)CCC5O)cc3c2)nc1)N1CCOCC1. The van der Waals surface area contributed by atoms with Gasteiger partial charge in [0, 0.05) is 48.6 Å². The molecule has 4 heterocycles. The first-order valence-corrected chi connectivity index (χ1v) is 13.5. The quantitative estimate of drug-likeness (QED) is 0.550. The zero-order valence-electron chi connectivity index (χ0n) is 21.1. The molecule has 37 heavy (non-hydrogen) atoms. The third-order valence-corrected chi connectivity index (χ3v) is 8.67. The van der Waals surface area contributed by atoms with Crippen LogP contribution in [0, 0.1) is 5.41 Å². The van der Waals surface area contributed by atoms with Crippen molar-refractivity contribution in [1.82, 2.24) is 14.8 Å². The Morgan fingerprint density at radius 1 is 1.00 bits per heavy atom. The fourth-order valence-electron chi connectivity index (χ4n) is 6.26. The van der Waals surface area contributed by atoms with Gasteiger partial charge in [-0.15, -0.1) is 0 Å². The van der Waals surface area contributed by atoms with Crippen LogP contribution in [0.5, 0.6) is 0 Å². The van der Waals surface area contributed by atoms with Crippen LogP contribution in [-0.2, 0) is 11.2 Å². The number of furan rings is 1. The van der Waals surface area contributed by atoms with Crippen LogP contribution < -0.4 is 0 Å². The fourth-order valence-corrected chi connectivity index (χ4v) is 6.26. The van der Waals surface area contributed by atoms with Gasteiger partial charge in [0.15, 0.2) is 0 Å². The van der Waals surface area contributed by atoms with Gasteiger partial charge in [0.05, 0.1) is 36.7 Å². The summed E-state index contributed by atoms with van der Waals surface area (Å²) >= 11 is 0. The van der Waals surface area contributed by atoms with Crippen LogP contribution in [0.1, 0.15) is 41.8 Å². The number of nitrogens with zero attached hydrogens (tertiary/aromatic N) is 3. The number of amides is 1. The maximum Gasteiger partial charge on any atom is 0.255 e. The molecule has 8 nitrogen and oxygen atoms in total. The summed E-state index contributed by atoms with van der Waals surface area (Å²) in [6, 6.07) is 11.9. The summed E-state index contributed by atoms with van der Waals surface area (Å²) in [5.41, 5.74) is 2.96. The van der Waals surface area contributed by atoms with E-state index in [1.54, 1.807) is 6.20 Å². The molecule has 8 heteroatoms. The number of aliphatic hydroxyl groups is 2. The molecule has 2 atom stereocenters. The topological polar surface area (TPSA) is 99.3 Å². The number of aromatic nitrogens is 1. The maximum absolute atomic E-state index is 12.7. The molecule has 2 N–H and O–H groups in total. The van der Waals surface area contributed by atoms with E-state index in [1.165, 1.54) is 0 Å². The number of morpholine rings is 1. The molecule has 196 valence electrons. The number of aliphatic hydroxyl groups excluding tert-OH is 2. The van der Waals surface area contributed by atoms with Crippen LogP contribution >= 0.6 is 0 Å². The second-order valence-corrected chi connectivity index (χ2v) is 10.7. The summed E-state index contributed by atoms with van der Waals surface area (Å²) in [5, 5.41) is 21.9. The Bertz CT molecular complexity index is 1230. The second-order valence-electron chi connectivity index (χ2n) is 10.7. The third-order valence-electron chi connectivity index (χ3n) is 8.67. The molecule has 2 aromatic heterocycles. The van der Waals surface area contributed by atoms with Crippen LogP contribution in [0.15, 0.2) is 47.0 Å². The van der Waals surface area contributed by atoms with Gasteiger partial charge in [-0.1, -0.05) is 0 Å². The van der Waals surface area contributed by atoms with E-state index in [4.69, 9.17) is 9.15 Å². The number of piperidine rings is 1. The molecule has 1 aliphatic carbocycles. The van der Waals surface area contributed by atoms with Gasteiger partial charge >= 0.3 is 0 Å². The lowest BCUT2D eigenvalue weighted by Crippen LogP contribution is -2.49. The highest BCUT2D eigenvalue weighted by Crippen LogP contribution is 2.46. The van der Waals surface area contributed by atoms with Crippen LogP contribution in [0.25, 0.3) is 22.2 Å². The Morgan fingerprint density at radius 2 is 1.76 bits per heavy atom. The number of hydrogen-bond donors (Lipinski definition) is 2. The van der Waals surface area contributed by atoms with Crippen molar-refractivity contribution in [3.63, 3.8) is 0 Å². The molecule has 3 aromatic rings. The first-order valence-electron chi connectivity index (χ1n) is 13.5. The number of rotatable bonds is 5. The van der Waals surface area contributed by atoms with Crippen LogP contribution in [0.3, 0.4) is 0 Å². The van der Waals surface area contributed by atoms with Crippen molar-refractivity contribution in [3.05, 3.63) is 53.9 Å². The number of carbonyl (C=O) groups is 1. The van der Waals surface area contributed by atoms with Crippen molar-refractivity contribution >= 4 is 16.9 Å². The van der Waals surface area contributed by atoms with E-state index >= 15 is 0 Å². The number of likely N-dealkylation sites (tertiary alicyclic amines) is 1. The Morgan fingerprint density at radius 3 is 2.46 bits per heavy atom. The lowest BCUT2D eigenvalue weighted by molar-refractivity contribution is -0.0638. The van der Waals surface area contributed by atoms with Crippen molar-refractivity contribution in [2.75, 3.05) is 45.9 Å². The normalized spacial score (nSPS) is 24.2. The maximum atomic E-state index is 12.7. The molecule has 1 spiro atoms. The van der Waals surface area contributed by atoms with Crippen molar-refractivity contribution in [3.8, 4) is 11.3 Å². The highest BCUT2D eigenvalue weighted by Gasteiger charge is 2.50. The van der Waals surface area contributed by atoms with Gasteiger partial charge in [0.2, 0.25) is 0 Å². The number of benzene rings is 1. The van der Waals surface area contributed by atoms with Crippen molar-refractivity contribution in [2.24, 2.45) is 5.41 Å².